The summed E-state index contributed by atoms with van der Waals surface area (Å²) in [6.07, 6.45) is 0.865. The molecule has 0 radical (unpaired) electrons. The van der Waals surface area contributed by atoms with Crippen molar-refractivity contribution >= 4 is 65.0 Å². The van der Waals surface area contributed by atoms with E-state index in [1.54, 1.807) is 41.5 Å². The predicted octanol–water partition coefficient (Wildman–Crippen LogP) is 4.33. The molecule has 1 unspecified atom stereocenters. The summed E-state index contributed by atoms with van der Waals surface area (Å²) in [5.41, 5.74) is 1.08. The van der Waals surface area contributed by atoms with E-state index in [9.17, 15) is 38.7 Å². The number of amides is 11. The van der Waals surface area contributed by atoms with Gasteiger partial charge in [0.2, 0.25) is 65.0 Å². The third-order valence-electron chi connectivity index (χ3n) is 17.3. The average molecular weight is 1270 g/mol. The van der Waals surface area contributed by atoms with E-state index in [4.69, 9.17) is 0 Å². The molecule has 1 aromatic carbocycles. The molecule has 1 heterocycles. The molecule has 90 heavy (non-hydrogen) atoms. The van der Waals surface area contributed by atoms with E-state index < -0.39 is 156 Å². The van der Waals surface area contributed by atoms with Crippen LogP contribution in [0.15, 0.2) is 30.3 Å². The fourth-order valence-electron chi connectivity index (χ4n) is 11.6. The van der Waals surface area contributed by atoms with Crippen molar-refractivity contribution in [3.05, 3.63) is 35.9 Å². The largest absolute Gasteiger partial charge is 0.390 e. The first-order valence-electron chi connectivity index (χ1n) is 32.5. The van der Waals surface area contributed by atoms with Crippen molar-refractivity contribution in [1.29, 1.82) is 0 Å². The number of benzene rings is 1. The second-order valence-corrected chi connectivity index (χ2v) is 27.7. The number of aliphatic hydroxyl groups is 1. The summed E-state index contributed by atoms with van der Waals surface area (Å²) in [6, 6.07) is -2.60. The van der Waals surface area contributed by atoms with Crippen molar-refractivity contribution in [2.75, 3.05) is 55.9 Å². The highest BCUT2D eigenvalue weighted by Gasteiger charge is 2.46. The van der Waals surface area contributed by atoms with Crippen LogP contribution in [0.2, 0.25) is 0 Å². The molecule has 0 spiro atoms. The maximum atomic E-state index is 15.3. The van der Waals surface area contributed by atoms with Crippen LogP contribution in [0.4, 0.5) is 0 Å². The second-order valence-electron chi connectivity index (χ2n) is 27.7. The smallest absolute Gasteiger partial charge is 0.246 e. The number of nitrogens with zero attached hydrogens (tertiary/aromatic N) is 7. The molecule has 12 atom stereocenters. The van der Waals surface area contributed by atoms with Gasteiger partial charge in [0.15, 0.2) is 0 Å². The van der Waals surface area contributed by atoms with Crippen molar-refractivity contribution in [3.8, 4) is 0 Å². The minimum absolute atomic E-state index is 0.0214. The summed E-state index contributed by atoms with van der Waals surface area (Å²) in [5.74, 6) is -9.68. The number of rotatable bonds is 17. The summed E-state index contributed by atoms with van der Waals surface area (Å²) >= 11 is 0. The molecule has 2 rings (SSSR count). The maximum absolute atomic E-state index is 15.3. The Kier molecular flexibility index (Phi) is 32.1. The summed E-state index contributed by atoms with van der Waals surface area (Å²) in [5, 5.41) is 23.4. The van der Waals surface area contributed by atoms with Crippen LogP contribution < -0.4 is 21.3 Å². The van der Waals surface area contributed by atoms with Crippen LogP contribution in [0.3, 0.4) is 0 Å². The molecule has 5 N–H and O–H groups in total. The molecule has 0 saturated carbocycles. The lowest BCUT2D eigenvalue weighted by Gasteiger charge is -2.41. The third kappa shape index (κ3) is 22.3. The maximum Gasteiger partial charge on any atom is 0.246 e. The van der Waals surface area contributed by atoms with Crippen LogP contribution >= 0.6 is 0 Å². The van der Waals surface area contributed by atoms with Gasteiger partial charge >= 0.3 is 0 Å². The van der Waals surface area contributed by atoms with Gasteiger partial charge in [-0.3, -0.25) is 52.7 Å². The molecule has 23 nitrogen and oxygen atoms in total. The second kappa shape index (κ2) is 36.4. The van der Waals surface area contributed by atoms with Crippen molar-refractivity contribution in [3.63, 3.8) is 0 Å². The number of aryl methyl sites for hydroxylation is 1. The van der Waals surface area contributed by atoms with E-state index in [1.807, 2.05) is 85.7 Å². The van der Waals surface area contributed by atoms with Crippen LogP contribution in [-0.2, 0) is 59.2 Å². The molecule has 510 valence electrons. The highest BCUT2D eigenvalue weighted by molar-refractivity contribution is 5.99. The molecule has 1 aromatic rings. The molecule has 11 amide bonds. The lowest BCUT2D eigenvalue weighted by atomic mass is 9.89. The Morgan fingerprint density at radius 2 is 0.889 bits per heavy atom. The third-order valence-corrected chi connectivity index (χ3v) is 17.3. The Morgan fingerprint density at radius 1 is 0.456 bits per heavy atom. The van der Waals surface area contributed by atoms with Gasteiger partial charge in [-0.1, -0.05) is 127 Å². The number of aliphatic hydroxyl groups excluding tert-OH is 1. The normalized spacial score (nSPS) is 25.9. The molecule has 1 aliphatic heterocycles. The summed E-state index contributed by atoms with van der Waals surface area (Å²) < 4.78 is 0. The number of likely N-dealkylation sites (N-methyl/N-ethyl adjacent to an activating group) is 7. The zero-order valence-corrected chi connectivity index (χ0v) is 58.7. The zero-order chi connectivity index (χ0) is 69.1. The molecular formula is C67H115N11O12. The van der Waals surface area contributed by atoms with Crippen LogP contribution in [-0.4, -0.2) is 227 Å². The highest BCUT2D eigenvalue weighted by atomic mass is 16.3. The molecular weight excluding hydrogens is 1150 g/mol. The number of carbonyl (C=O) groups is 11. The Labute approximate surface area is 538 Å². The molecule has 1 fully saturated rings. The van der Waals surface area contributed by atoms with Crippen molar-refractivity contribution in [2.45, 2.75) is 229 Å². The van der Waals surface area contributed by atoms with Gasteiger partial charge in [-0.25, -0.2) is 0 Å². The standard InChI is InChI=1S/C67H115N11O12/c1-24-48-63(86)72(17)37-53(79)73(18)49(33-38(2)3)60(83)71-54(42(10)11)66(89)74(19)50(34-39(4)5)59(82)68-45(15)58(81)69-46(16)62(85)75(20)51(35-40(6)7)64(87)76(21)52(36-41(8)9)65(88)77(22)55(43(12)13)67(90)78(23)56(61(84)70-48)57(80)44(14)29-28-32-47-30-26-25-27-31-47/h25-27,30-31,38-46,48-52,54-57,80H,24,28-29,32-37H2,1-23H3,(H,68,82)(H,69,81)(H,70,84)(H,71,83)/t44?,45-,46+,48-,49-,50-,51-,52-,54-,55-,56-,57+/m0/s1. The first-order valence-corrected chi connectivity index (χ1v) is 32.5. The molecule has 0 bridgehead atoms. The van der Waals surface area contributed by atoms with Gasteiger partial charge in [0.05, 0.1) is 12.6 Å². The molecule has 1 saturated heterocycles. The topological polar surface area (TPSA) is 279 Å². The van der Waals surface area contributed by atoms with Gasteiger partial charge in [0.25, 0.3) is 0 Å². The quantitative estimate of drug-likeness (QED) is 0.146. The Balaban J connectivity index is 2.97. The van der Waals surface area contributed by atoms with Crippen LogP contribution in [0.5, 0.6) is 0 Å². The number of nitrogens with one attached hydrogen (secondary N) is 4. The van der Waals surface area contributed by atoms with Gasteiger partial charge in [-0.2, -0.15) is 0 Å². The van der Waals surface area contributed by atoms with E-state index in [0.29, 0.717) is 19.3 Å². The number of carbonyl (C=O) groups excluding carboxylic acids is 11. The Morgan fingerprint density at radius 3 is 1.37 bits per heavy atom. The Hall–Kier alpha value is -6.65. The molecule has 0 aromatic heterocycles. The first kappa shape index (κ1) is 79.4. The van der Waals surface area contributed by atoms with E-state index in [1.165, 1.54) is 87.7 Å². The fourth-order valence-corrected chi connectivity index (χ4v) is 11.6. The van der Waals surface area contributed by atoms with Gasteiger partial charge < -0.3 is 60.7 Å². The van der Waals surface area contributed by atoms with E-state index in [-0.39, 0.29) is 55.8 Å². The summed E-state index contributed by atoms with van der Waals surface area (Å²) in [7, 11) is 9.98. The van der Waals surface area contributed by atoms with Gasteiger partial charge in [0.1, 0.15) is 60.4 Å². The lowest BCUT2D eigenvalue weighted by Crippen LogP contribution is -2.63. The molecule has 1 aliphatic rings. The molecule has 0 aliphatic carbocycles. The summed E-state index contributed by atoms with van der Waals surface area (Å²) in [4.78, 5) is 170. The van der Waals surface area contributed by atoms with Crippen molar-refractivity contribution in [2.24, 2.45) is 41.4 Å². The average Bonchev–Trinajstić information content (AvgIpc) is 0.874. The van der Waals surface area contributed by atoms with Gasteiger partial charge in [-0.05, 0) is 112 Å². The van der Waals surface area contributed by atoms with Gasteiger partial charge in [-0.15, -0.1) is 0 Å². The SMILES string of the molecule is CC[C@@H]1NC(=O)[C@H]([C@H](O)C(C)CCCc2ccccc2)N(C)C(=O)[C@H](C(C)C)N(C)C(=O)[C@H](CC(C)C)N(C)C(=O)[C@H](CC(C)C)N(C)C(=O)[C@@H](C)NC(=O)[C@H](C)NC(=O)[C@H](CC(C)C)N(C)C(=O)[C@H](C(C)C)NC(=O)[C@H](CC(C)C)N(C)C(=O)CN(C)C1=O. The zero-order valence-electron chi connectivity index (χ0n) is 58.7. The fraction of sp³-hybridized carbons (Fsp3) is 0.746. The predicted molar refractivity (Wildman–Crippen MR) is 348 cm³/mol. The van der Waals surface area contributed by atoms with Crippen LogP contribution in [0, 0.1) is 41.4 Å². The van der Waals surface area contributed by atoms with E-state index >= 15 is 19.2 Å². The summed E-state index contributed by atoms with van der Waals surface area (Å²) in [6.45, 7) is 27.7. The minimum atomic E-state index is -1.61. The van der Waals surface area contributed by atoms with E-state index in [0.717, 1.165) is 15.4 Å². The van der Waals surface area contributed by atoms with Crippen molar-refractivity contribution < 1.29 is 57.8 Å². The van der Waals surface area contributed by atoms with Gasteiger partial charge in [0, 0.05) is 49.3 Å². The number of hydrogen-bond donors (Lipinski definition) is 5. The Bertz CT molecular complexity index is 2580. The molecule has 23 heteroatoms. The van der Waals surface area contributed by atoms with Crippen molar-refractivity contribution in [1.82, 2.24) is 55.6 Å². The minimum Gasteiger partial charge on any atom is -0.390 e. The lowest BCUT2D eigenvalue weighted by molar-refractivity contribution is -0.157. The first-order chi connectivity index (χ1) is 41.7. The van der Waals surface area contributed by atoms with Crippen LogP contribution in [0.1, 0.15) is 161 Å². The van der Waals surface area contributed by atoms with E-state index in [2.05, 4.69) is 21.3 Å². The highest BCUT2D eigenvalue weighted by Crippen LogP contribution is 2.26. The van der Waals surface area contributed by atoms with Crippen LogP contribution in [0.25, 0.3) is 0 Å². The number of hydrogen-bond acceptors (Lipinski definition) is 12. The monoisotopic (exact) mass is 1270 g/mol.